The number of rotatable bonds is 8. The first-order chi connectivity index (χ1) is 15.0. The van der Waals surface area contributed by atoms with Crippen LogP contribution in [-0.4, -0.2) is 22.5 Å². The molecule has 0 amide bonds. The maximum atomic E-state index is 12.2. The molecule has 0 radical (unpaired) electrons. The fourth-order valence-corrected chi connectivity index (χ4v) is 2.78. The summed E-state index contributed by atoms with van der Waals surface area (Å²) in [6, 6.07) is 15.1. The normalized spacial score (nSPS) is 10.7. The van der Waals surface area contributed by atoms with Gasteiger partial charge in [0, 0.05) is 35.7 Å². The molecule has 3 rings (SSSR count). The van der Waals surface area contributed by atoms with E-state index in [0.29, 0.717) is 23.6 Å². The molecular formula is C23H20N2O6. The number of nitrogens with one attached hydrogen (secondary N) is 1. The largest absolute Gasteiger partial charge is 0.488 e. The van der Waals surface area contributed by atoms with Crippen LogP contribution in [0, 0.1) is 10.1 Å². The number of pyridine rings is 1. The molecule has 0 fully saturated rings. The summed E-state index contributed by atoms with van der Waals surface area (Å²) in [6.07, 6.45) is 4.45. The summed E-state index contributed by atoms with van der Waals surface area (Å²) < 4.78 is 10.7. The van der Waals surface area contributed by atoms with E-state index in [9.17, 15) is 19.7 Å². The molecule has 0 spiro atoms. The number of nitrogens with zero attached hydrogens (tertiary/aromatic N) is 1. The van der Waals surface area contributed by atoms with Gasteiger partial charge in [0.15, 0.2) is 5.43 Å². The second kappa shape index (κ2) is 10.0. The monoisotopic (exact) mass is 420 g/mol. The molecule has 0 unspecified atom stereocenters. The maximum Gasteiger partial charge on any atom is 0.343 e. The van der Waals surface area contributed by atoms with Crippen molar-refractivity contribution in [1.82, 2.24) is 4.98 Å². The summed E-state index contributed by atoms with van der Waals surface area (Å²) in [5.41, 5.74) is 1.17. The maximum absolute atomic E-state index is 12.2. The van der Waals surface area contributed by atoms with Crippen LogP contribution in [0.1, 0.15) is 34.1 Å². The van der Waals surface area contributed by atoms with Crippen molar-refractivity contribution in [3.63, 3.8) is 0 Å². The lowest BCUT2D eigenvalue weighted by molar-refractivity contribution is -0.384. The second-order valence-corrected chi connectivity index (χ2v) is 6.47. The molecular weight excluding hydrogens is 400 g/mol. The first-order valence-corrected chi connectivity index (χ1v) is 9.51. The molecule has 1 N–H and O–H groups in total. The summed E-state index contributed by atoms with van der Waals surface area (Å²) in [5.74, 6) is -0.245. The van der Waals surface area contributed by atoms with Crippen molar-refractivity contribution in [2.24, 2.45) is 0 Å². The zero-order valence-corrected chi connectivity index (χ0v) is 16.7. The van der Waals surface area contributed by atoms with E-state index < -0.39 is 16.3 Å². The number of H-pyrrole nitrogens is 1. The molecule has 0 aliphatic rings. The first-order valence-electron chi connectivity index (χ1n) is 9.51. The molecule has 8 nitrogen and oxygen atoms in total. The van der Waals surface area contributed by atoms with E-state index in [2.05, 4.69) is 4.98 Å². The Morgan fingerprint density at radius 3 is 2.58 bits per heavy atom. The zero-order valence-electron chi connectivity index (χ0n) is 16.7. The minimum atomic E-state index is -0.699. The van der Waals surface area contributed by atoms with Crippen LogP contribution in [-0.2, 0) is 11.3 Å². The Hall–Kier alpha value is -4.20. The summed E-state index contributed by atoms with van der Waals surface area (Å²) >= 11 is 0. The van der Waals surface area contributed by atoms with Gasteiger partial charge in [-0.3, -0.25) is 14.9 Å². The highest BCUT2D eigenvalue weighted by molar-refractivity contribution is 5.89. The zero-order chi connectivity index (χ0) is 22.2. The van der Waals surface area contributed by atoms with Crippen molar-refractivity contribution in [2.45, 2.75) is 13.5 Å². The van der Waals surface area contributed by atoms with Crippen molar-refractivity contribution in [1.29, 1.82) is 0 Å². The molecule has 158 valence electrons. The molecule has 0 aliphatic heterocycles. The van der Waals surface area contributed by atoms with Crippen molar-refractivity contribution >= 4 is 23.8 Å². The molecule has 8 heteroatoms. The Labute approximate surface area is 177 Å². The van der Waals surface area contributed by atoms with Gasteiger partial charge in [-0.15, -0.1) is 0 Å². The molecule has 0 atom stereocenters. The molecule has 1 aromatic heterocycles. The number of hydrogen-bond donors (Lipinski definition) is 1. The number of carbonyl (C=O) groups excluding carboxylic acids is 1. The Balaban J connectivity index is 1.86. The number of aromatic amines is 1. The Morgan fingerprint density at radius 1 is 1.13 bits per heavy atom. The van der Waals surface area contributed by atoms with E-state index >= 15 is 0 Å². The van der Waals surface area contributed by atoms with Crippen LogP contribution >= 0.6 is 0 Å². The van der Waals surface area contributed by atoms with Gasteiger partial charge in [0.2, 0.25) is 0 Å². The number of benzene rings is 2. The molecule has 0 aliphatic carbocycles. The third-order valence-electron chi connectivity index (χ3n) is 4.31. The number of hydrogen-bond acceptors (Lipinski definition) is 6. The number of esters is 1. The number of carbonyl (C=O) groups is 1. The minimum absolute atomic E-state index is 0.0853. The molecule has 0 saturated carbocycles. The summed E-state index contributed by atoms with van der Waals surface area (Å²) in [7, 11) is 0. The molecule has 2 aromatic carbocycles. The molecule has 31 heavy (non-hydrogen) atoms. The molecule has 0 saturated heterocycles. The number of nitro benzene ring substituents is 1. The van der Waals surface area contributed by atoms with Gasteiger partial charge >= 0.3 is 5.97 Å². The average molecular weight is 420 g/mol. The minimum Gasteiger partial charge on any atom is -0.488 e. The molecule has 3 aromatic rings. The van der Waals surface area contributed by atoms with Gasteiger partial charge in [-0.1, -0.05) is 30.3 Å². The topological polar surface area (TPSA) is 112 Å². The highest BCUT2D eigenvalue weighted by atomic mass is 16.6. The number of nitro groups is 1. The van der Waals surface area contributed by atoms with Gasteiger partial charge in [0.1, 0.15) is 17.9 Å². The van der Waals surface area contributed by atoms with E-state index in [1.807, 2.05) is 30.3 Å². The van der Waals surface area contributed by atoms with E-state index in [1.54, 1.807) is 19.1 Å². The van der Waals surface area contributed by atoms with Crippen LogP contribution < -0.4 is 10.2 Å². The van der Waals surface area contributed by atoms with Crippen LogP contribution in [0.5, 0.6) is 5.75 Å². The van der Waals surface area contributed by atoms with E-state index in [0.717, 1.165) is 5.56 Å². The first kappa shape index (κ1) is 21.5. The molecule has 1 heterocycles. The summed E-state index contributed by atoms with van der Waals surface area (Å²) in [6.45, 7) is 2.11. The summed E-state index contributed by atoms with van der Waals surface area (Å²) in [4.78, 5) is 37.4. The third-order valence-corrected chi connectivity index (χ3v) is 4.31. The van der Waals surface area contributed by atoms with Crippen LogP contribution in [0.4, 0.5) is 5.69 Å². The van der Waals surface area contributed by atoms with E-state index in [-0.39, 0.29) is 17.9 Å². The lowest BCUT2D eigenvalue weighted by Gasteiger charge is -2.09. The van der Waals surface area contributed by atoms with Gasteiger partial charge in [-0.05, 0) is 30.7 Å². The van der Waals surface area contributed by atoms with Gasteiger partial charge in [-0.25, -0.2) is 4.79 Å². The fourth-order valence-electron chi connectivity index (χ4n) is 2.78. The highest BCUT2D eigenvalue weighted by Crippen LogP contribution is 2.27. The quantitative estimate of drug-likeness (QED) is 0.332. The van der Waals surface area contributed by atoms with Crippen LogP contribution in [0.15, 0.2) is 65.6 Å². The van der Waals surface area contributed by atoms with Crippen molar-refractivity contribution in [3.05, 3.63) is 104 Å². The Kier molecular flexibility index (Phi) is 6.95. The number of aromatic nitrogens is 1. The Morgan fingerprint density at radius 2 is 1.90 bits per heavy atom. The molecule has 0 bridgehead atoms. The van der Waals surface area contributed by atoms with Crippen molar-refractivity contribution in [3.8, 4) is 5.75 Å². The van der Waals surface area contributed by atoms with Gasteiger partial charge in [0.25, 0.3) is 5.69 Å². The van der Waals surface area contributed by atoms with E-state index in [4.69, 9.17) is 9.47 Å². The third kappa shape index (κ3) is 5.66. The summed E-state index contributed by atoms with van der Waals surface area (Å²) in [5, 5.41) is 11.2. The van der Waals surface area contributed by atoms with Gasteiger partial charge in [0.05, 0.1) is 11.5 Å². The number of non-ortho nitro benzene ring substituents is 1. The van der Waals surface area contributed by atoms with Gasteiger partial charge in [-0.2, -0.15) is 0 Å². The predicted molar refractivity (Wildman–Crippen MR) is 116 cm³/mol. The van der Waals surface area contributed by atoms with Crippen molar-refractivity contribution in [2.75, 3.05) is 6.61 Å². The van der Waals surface area contributed by atoms with E-state index in [1.165, 1.54) is 30.5 Å². The smallest absolute Gasteiger partial charge is 0.343 e. The Bertz CT molecular complexity index is 1170. The predicted octanol–water partition coefficient (Wildman–Crippen LogP) is 4.21. The van der Waals surface area contributed by atoms with Crippen LogP contribution in [0.3, 0.4) is 0 Å². The fraction of sp³-hybridized carbons (Fsp3) is 0.130. The van der Waals surface area contributed by atoms with Crippen molar-refractivity contribution < 1.29 is 19.2 Å². The average Bonchev–Trinajstić information content (AvgIpc) is 2.77. The van der Waals surface area contributed by atoms with Crippen LogP contribution in [0.25, 0.3) is 12.2 Å². The second-order valence-electron chi connectivity index (χ2n) is 6.47. The highest BCUT2D eigenvalue weighted by Gasteiger charge is 2.12. The number of ether oxygens (including phenoxy) is 2. The SMILES string of the molecule is CCOC(=O)c1c[nH]c(/C=C/c2cc([N+](=O)[O-])ccc2OCc2ccccc2)cc1=O. The van der Waals surface area contributed by atoms with Crippen LogP contribution in [0.2, 0.25) is 0 Å². The van der Waals surface area contributed by atoms with Gasteiger partial charge < -0.3 is 14.5 Å². The lowest BCUT2D eigenvalue weighted by atomic mass is 10.1. The standard InChI is InChI=1S/C23H20N2O6/c1-2-30-23(27)20-14-24-18(13-21(20)26)9-8-17-12-19(25(28)29)10-11-22(17)31-15-16-6-4-3-5-7-16/h3-14H,2,15H2,1H3,(H,24,26)/b9-8+. The lowest BCUT2D eigenvalue weighted by Crippen LogP contribution is -2.17.